The van der Waals surface area contributed by atoms with Crippen LogP contribution >= 0.6 is 0 Å². The Morgan fingerprint density at radius 2 is 1.78 bits per heavy atom. The van der Waals surface area contributed by atoms with Gasteiger partial charge >= 0.3 is 5.97 Å². The Morgan fingerprint density at radius 3 is 2.41 bits per heavy atom. The molecule has 1 N–H and O–H groups in total. The number of aliphatic carboxylic acids is 1. The molecule has 0 radical (unpaired) electrons. The Bertz CT molecular complexity index is 906. The van der Waals surface area contributed by atoms with Crippen LogP contribution < -0.4 is 4.90 Å². The van der Waals surface area contributed by atoms with Crippen LogP contribution in [-0.4, -0.2) is 35.2 Å². The van der Waals surface area contributed by atoms with E-state index in [9.17, 15) is 18.8 Å². The number of benzene rings is 1. The van der Waals surface area contributed by atoms with Crippen molar-refractivity contribution in [2.75, 3.05) is 11.5 Å². The number of rotatable bonds is 4. The van der Waals surface area contributed by atoms with Gasteiger partial charge in [-0.1, -0.05) is 5.16 Å². The Balaban J connectivity index is 1.68. The molecule has 1 aromatic rings. The maximum Gasteiger partial charge on any atom is 0.344 e. The van der Waals surface area contributed by atoms with E-state index in [1.54, 1.807) is 0 Å². The molecule has 7 nitrogen and oxygen atoms in total. The summed E-state index contributed by atoms with van der Waals surface area (Å²) >= 11 is 0. The lowest BCUT2D eigenvalue weighted by molar-refractivity contribution is -0.142. The topological polar surface area (TPSA) is 96.3 Å². The Hall–Kier alpha value is -3.03. The van der Waals surface area contributed by atoms with Crippen LogP contribution in [-0.2, 0) is 25.6 Å². The van der Waals surface area contributed by atoms with E-state index in [2.05, 4.69) is 5.16 Å². The maximum absolute atomic E-state index is 14.7. The molecule has 0 aromatic heterocycles. The first-order chi connectivity index (χ1) is 13.0. The molecule has 1 aromatic carbocycles. The summed E-state index contributed by atoms with van der Waals surface area (Å²) in [6, 6.07) is 2.75. The summed E-state index contributed by atoms with van der Waals surface area (Å²) in [5, 5.41) is 12.5. The van der Waals surface area contributed by atoms with Crippen LogP contribution in [0.4, 0.5) is 10.1 Å². The van der Waals surface area contributed by atoms with Crippen molar-refractivity contribution in [3.05, 3.63) is 40.2 Å². The zero-order valence-corrected chi connectivity index (χ0v) is 14.5. The third-order valence-corrected chi connectivity index (χ3v) is 5.11. The average Bonchev–Trinajstić information content (AvgIpc) is 3.14. The molecule has 0 saturated carbocycles. The molecule has 8 heteroatoms. The van der Waals surface area contributed by atoms with Crippen molar-refractivity contribution in [1.82, 2.24) is 0 Å². The van der Waals surface area contributed by atoms with Crippen LogP contribution in [0.1, 0.15) is 43.2 Å². The molecule has 0 fully saturated rings. The maximum atomic E-state index is 14.7. The number of carbonyl (C=O) groups excluding carboxylic acids is 2. The number of carbonyl (C=O) groups is 3. The Morgan fingerprint density at radius 1 is 1.11 bits per heavy atom. The van der Waals surface area contributed by atoms with E-state index in [1.165, 1.54) is 12.1 Å². The summed E-state index contributed by atoms with van der Waals surface area (Å²) in [6.07, 6.45) is 3.76. The molecule has 0 atom stereocenters. The van der Waals surface area contributed by atoms with Crippen molar-refractivity contribution in [2.24, 2.45) is 5.16 Å². The van der Waals surface area contributed by atoms with Gasteiger partial charge in [0, 0.05) is 16.7 Å². The summed E-state index contributed by atoms with van der Waals surface area (Å²) < 4.78 is 14.7. The molecule has 0 unspecified atom stereocenters. The van der Waals surface area contributed by atoms with E-state index >= 15 is 0 Å². The Kier molecular flexibility index (Phi) is 4.25. The zero-order valence-electron chi connectivity index (χ0n) is 14.5. The first-order valence-corrected chi connectivity index (χ1v) is 8.81. The highest BCUT2D eigenvalue weighted by Gasteiger charge is 2.41. The number of fused-ring (bicyclic) bond motifs is 1. The van der Waals surface area contributed by atoms with Gasteiger partial charge in [0.05, 0.1) is 11.4 Å². The highest BCUT2D eigenvalue weighted by atomic mass is 19.1. The second-order valence-electron chi connectivity index (χ2n) is 6.78. The molecule has 2 aliphatic carbocycles. The predicted octanol–water partition coefficient (Wildman–Crippen LogP) is 2.32. The van der Waals surface area contributed by atoms with Crippen LogP contribution in [0.3, 0.4) is 0 Å². The van der Waals surface area contributed by atoms with Crippen molar-refractivity contribution in [3.8, 4) is 0 Å². The molecule has 4 rings (SSSR count). The second kappa shape index (κ2) is 6.61. The molecule has 27 heavy (non-hydrogen) atoms. The number of amides is 2. The quantitative estimate of drug-likeness (QED) is 0.646. The zero-order chi connectivity index (χ0) is 19.1. The van der Waals surface area contributed by atoms with Crippen LogP contribution in [0.15, 0.2) is 28.4 Å². The fourth-order valence-corrected chi connectivity index (χ4v) is 3.86. The van der Waals surface area contributed by atoms with Crippen molar-refractivity contribution < 1.29 is 28.7 Å². The third kappa shape index (κ3) is 2.90. The van der Waals surface area contributed by atoms with E-state index in [-0.39, 0.29) is 5.69 Å². The Labute approximate surface area is 154 Å². The predicted molar refractivity (Wildman–Crippen MR) is 92.8 cm³/mol. The van der Waals surface area contributed by atoms with Gasteiger partial charge in [0.25, 0.3) is 11.8 Å². The van der Waals surface area contributed by atoms with Gasteiger partial charge in [0.1, 0.15) is 5.82 Å². The number of hydrogen-bond acceptors (Lipinski definition) is 5. The van der Waals surface area contributed by atoms with Gasteiger partial charge in [-0.15, -0.1) is 0 Å². The lowest BCUT2D eigenvalue weighted by Gasteiger charge is -2.17. The summed E-state index contributed by atoms with van der Waals surface area (Å²) in [6.45, 7) is -0.577. The molecule has 0 saturated heterocycles. The van der Waals surface area contributed by atoms with Crippen LogP contribution in [0.25, 0.3) is 0 Å². The average molecular weight is 372 g/mol. The normalized spacial score (nSPS) is 20.3. The van der Waals surface area contributed by atoms with E-state index in [1.807, 2.05) is 0 Å². The summed E-state index contributed by atoms with van der Waals surface area (Å²) in [5.74, 6) is -2.69. The number of aryl methyl sites for hydroxylation is 1. The summed E-state index contributed by atoms with van der Waals surface area (Å²) in [5.41, 5.74) is 2.62. The third-order valence-electron chi connectivity index (χ3n) is 5.11. The van der Waals surface area contributed by atoms with Gasteiger partial charge in [0.15, 0.2) is 0 Å². The SMILES string of the molecule is O=C(O)CO/N=C1\CCc2cc(F)c(N3C(=O)C4=C(CCCC4)C3=O)cc21. The summed E-state index contributed by atoms with van der Waals surface area (Å²) in [4.78, 5) is 41.6. The standard InChI is InChI=1S/C19H17FN2O5/c20-14-7-10-5-6-15(21-27-9-17(23)24)13(10)8-16(14)22-18(25)11-3-1-2-4-12(11)19(22)26/h7-8H,1-6,9H2,(H,23,24)/b21-15+. The number of anilines is 1. The van der Waals surface area contributed by atoms with E-state index < -0.39 is 30.2 Å². The van der Waals surface area contributed by atoms with Gasteiger partial charge in [-0.3, -0.25) is 9.59 Å². The molecule has 1 heterocycles. The van der Waals surface area contributed by atoms with Gasteiger partial charge in [-0.25, -0.2) is 14.1 Å². The first kappa shape index (κ1) is 17.4. The number of nitrogens with zero attached hydrogens (tertiary/aromatic N) is 2. The van der Waals surface area contributed by atoms with Crippen LogP contribution in [0, 0.1) is 5.82 Å². The number of carboxylic acid groups (broad SMARTS) is 1. The molecular formula is C19H17FN2O5. The molecule has 140 valence electrons. The summed E-state index contributed by atoms with van der Waals surface area (Å²) in [7, 11) is 0. The number of hydrogen-bond donors (Lipinski definition) is 1. The highest BCUT2D eigenvalue weighted by Crippen LogP contribution is 2.38. The molecular weight excluding hydrogens is 355 g/mol. The smallest absolute Gasteiger partial charge is 0.344 e. The van der Waals surface area contributed by atoms with E-state index in [0.29, 0.717) is 53.7 Å². The van der Waals surface area contributed by atoms with Crippen LogP contribution in [0.2, 0.25) is 0 Å². The lowest BCUT2D eigenvalue weighted by atomic mass is 9.93. The minimum atomic E-state index is -1.15. The molecule has 0 bridgehead atoms. The van der Waals surface area contributed by atoms with Crippen molar-refractivity contribution in [1.29, 1.82) is 0 Å². The van der Waals surface area contributed by atoms with Crippen LogP contribution in [0.5, 0.6) is 0 Å². The number of carboxylic acids is 1. The lowest BCUT2D eigenvalue weighted by Crippen LogP contribution is -2.32. The van der Waals surface area contributed by atoms with Crippen molar-refractivity contribution in [2.45, 2.75) is 38.5 Å². The monoisotopic (exact) mass is 372 g/mol. The number of imide groups is 1. The van der Waals surface area contributed by atoms with Gasteiger partial charge in [0.2, 0.25) is 6.61 Å². The minimum Gasteiger partial charge on any atom is -0.479 e. The van der Waals surface area contributed by atoms with E-state index in [4.69, 9.17) is 9.94 Å². The highest BCUT2D eigenvalue weighted by molar-refractivity contribution is 6.33. The van der Waals surface area contributed by atoms with Gasteiger partial charge in [-0.2, -0.15) is 0 Å². The largest absolute Gasteiger partial charge is 0.479 e. The fraction of sp³-hybridized carbons (Fsp3) is 0.368. The molecule has 0 spiro atoms. The van der Waals surface area contributed by atoms with Gasteiger partial charge in [-0.05, 0) is 56.2 Å². The number of oxime groups is 1. The number of halogens is 1. The van der Waals surface area contributed by atoms with E-state index in [0.717, 1.165) is 17.7 Å². The van der Waals surface area contributed by atoms with Crippen molar-refractivity contribution >= 4 is 29.2 Å². The minimum absolute atomic E-state index is 0.0917. The molecule has 1 aliphatic heterocycles. The first-order valence-electron chi connectivity index (χ1n) is 8.81. The second-order valence-corrected chi connectivity index (χ2v) is 6.78. The fourth-order valence-electron chi connectivity index (χ4n) is 3.86. The molecule has 2 amide bonds. The van der Waals surface area contributed by atoms with Crippen molar-refractivity contribution in [3.63, 3.8) is 0 Å². The van der Waals surface area contributed by atoms with Gasteiger partial charge < -0.3 is 9.94 Å². The molecule has 3 aliphatic rings.